The monoisotopic (exact) mass is 315 g/mol. The van der Waals surface area contributed by atoms with E-state index >= 15 is 0 Å². The average Bonchev–Trinajstić information content (AvgIpc) is 2.56. The maximum absolute atomic E-state index is 11.5. The Labute approximate surface area is 135 Å². The van der Waals surface area contributed by atoms with Crippen molar-refractivity contribution in [2.75, 3.05) is 6.61 Å². The summed E-state index contributed by atoms with van der Waals surface area (Å²) in [6, 6.07) is 13.9. The molecule has 2 aromatic rings. The first kappa shape index (κ1) is 16.8. The summed E-state index contributed by atoms with van der Waals surface area (Å²) in [5, 5.41) is 10.1. The van der Waals surface area contributed by atoms with Crippen molar-refractivity contribution in [3.8, 4) is 11.5 Å². The van der Waals surface area contributed by atoms with E-state index in [9.17, 15) is 9.90 Å². The van der Waals surface area contributed by atoms with Crippen LogP contribution in [-0.2, 0) is 22.6 Å². The van der Waals surface area contributed by atoms with Crippen LogP contribution in [0.3, 0.4) is 0 Å². The minimum Gasteiger partial charge on any atom is -0.508 e. The van der Waals surface area contributed by atoms with Crippen molar-refractivity contribution in [1.29, 1.82) is 0 Å². The fraction of sp³-hybridized carbons (Fsp3) is 0.278. The van der Waals surface area contributed by atoms with Gasteiger partial charge in [-0.2, -0.15) is 0 Å². The minimum atomic E-state index is -0.795. The first-order chi connectivity index (χ1) is 11.1. The molecule has 0 saturated heterocycles. The Kier molecular flexibility index (Phi) is 6.00. The number of esters is 1. The van der Waals surface area contributed by atoms with E-state index in [0.29, 0.717) is 17.9 Å². The van der Waals surface area contributed by atoms with Gasteiger partial charge < -0.3 is 20.3 Å². The fourth-order valence-corrected chi connectivity index (χ4v) is 2.12. The Hall–Kier alpha value is -2.53. The quantitative estimate of drug-likeness (QED) is 0.767. The highest BCUT2D eigenvalue weighted by atomic mass is 16.5. The van der Waals surface area contributed by atoms with Crippen molar-refractivity contribution in [2.45, 2.75) is 26.0 Å². The molecular weight excluding hydrogens is 294 g/mol. The summed E-state index contributed by atoms with van der Waals surface area (Å²) < 4.78 is 10.5. The lowest BCUT2D eigenvalue weighted by atomic mass is 10.1. The van der Waals surface area contributed by atoms with Crippen molar-refractivity contribution < 1.29 is 19.4 Å². The number of ether oxygens (including phenoxy) is 2. The van der Waals surface area contributed by atoms with Crippen molar-refractivity contribution in [2.24, 2.45) is 5.73 Å². The largest absolute Gasteiger partial charge is 0.508 e. The molecule has 5 heteroatoms. The van der Waals surface area contributed by atoms with Crippen LogP contribution in [0.15, 0.2) is 48.5 Å². The summed E-state index contributed by atoms with van der Waals surface area (Å²) in [4.78, 5) is 11.5. The van der Waals surface area contributed by atoms with Crippen LogP contribution in [0, 0.1) is 0 Å². The van der Waals surface area contributed by atoms with Crippen LogP contribution in [0.2, 0.25) is 0 Å². The molecule has 122 valence electrons. The van der Waals surface area contributed by atoms with Gasteiger partial charge in [0, 0.05) is 12.5 Å². The number of hydrogen-bond acceptors (Lipinski definition) is 5. The van der Waals surface area contributed by atoms with Crippen molar-refractivity contribution >= 4 is 5.97 Å². The Bertz CT molecular complexity index is 643. The van der Waals surface area contributed by atoms with E-state index in [0.717, 1.165) is 5.56 Å². The highest BCUT2D eigenvalue weighted by Gasteiger charge is 2.17. The molecule has 0 amide bonds. The zero-order valence-electron chi connectivity index (χ0n) is 13.1. The summed E-state index contributed by atoms with van der Waals surface area (Å²) >= 11 is 0. The lowest BCUT2D eigenvalue weighted by molar-refractivity contribution is -0.144. The van der Waals surface area contributed by atoms with Crippen LogP contribution < -0.4 is 10.5 Å². The first-order valence-corrected chi connectivity index (χ1v) is 7.51. The van der Waals surface area contributed by atoms with Gasteiger partial charge in [-0.25, -0.2) is 0 Å². The van der Waals surface area contributed by atoms with Gasteiger partial charge >= 0.3 is 5.97 Å². The zero-order chi connectivity index (χ0) is 16.7. The molecule has 0 aliphatic carbocycles. The van der Waals surface area contributed by atoms with Gasteiger partial charge in [0.1, 0.15) is 24.1 Å². The third-order valence-corrected chi connectivity index (χ3v) is 3.33. The maximum Gasteiger partial charge on any atom is 0.323 e. The van der Waals surface area contributed by atoms with E-state index in [2.05, 4.69) is 0 Å². The lowest BCUT2D eigenvalue weighted by Gasteiger charge is -2.13. The van der Waals surface area contributed by atoms with E-state index in [1.807, 2.05) is 30.3 Å². The Morgan fingerprint density at radius 3 is 2.61 bits per heavy atom. The van der Waals surface area contributed by atoms with Gasteiger partial charge in [0.25, 0.3) is 0 Å². The molecule has 0 radical (unpaired) electrons. The number of carbonyl (C=O) groups excluding carboxylic acids is 1. The second-order valence-electron chi connectivity index (χ2n) is 5.13. The third kappa shape index (κ3) is 5.00. The highest BCUT2D eigenvalue weighted by molar-refractivity contribution is 5.76. The van der Waals surface area contributed by atoms with E-state index in [1.54, 1.807) is 19.1 Å². The van der Waals surface area contributed by atoms with Crippen LogP contribution in [0.5, 0.6) is 11.5 Å². The molecule has 0 spiro atoms. The summed E-state index contributed by atoms with van der Waals surface area (Å²) in [5.41, 5.74) is 7.38. The molecule has 0 bridgehead atoms. The van der Waals surface area contributed by atoms with Crippen molar-refractivity contribution in [3.05, 3.63) is 59.7 Å². The lowest BCUT2D eigenvalue weighted by Crippen LogP contribution is -2.34. The number of phenolic OH excluding ortho intramolecular Hbond substituents is 1. The van der Waals surface area contributed by atoms with Gasteiger partial charge in [0.05, 0.1) is 6.61 Å². The van der Waals surface area contributed by atoms with Crippen LogP contribution in [0.25, 0.3) is 0 Å². The number of benzene rings is 2. The second-order valence-corrected chi connectivity index (χ2v) is 5.13. The molecule has 23 heavy (non-hydrogen) atoms. The minimum absolute atomic E-state index is 0.0512. The van der Waals surface area contributed by atoms with Gasteiger partial charge in [-0.05, 0) is 24.1 Å². The molecular formula is C18H21NO4. The number of nitrogens with two attached hydrogens (primary N) is 1. The van der Waals surface area contributed by atoms with Crippen LogP contribution in [0.1, 0.15) is 18.1 Å². The fourth-order valence-electron chi connectivity index (χ4n) is 2.12. The summed E-state index contributed by atoms with van der Waals surface area (Å²) in [7, 11) is 0. The molecule has 2 aromatic carbocycles. The molecule has 0 saturated carbocycles. The number of aromatic hydroxyl groups is 1. The van der Waals surface area contributed by atoms with Crippen LogP contribution >= 0.6 is 0 Å². The standard InChI is InChI=1S/C18H21NO4/c1-2-22-18(21)16(19)10-14-8-9-15(11-17(14)20)23-12-13-6-4-3-5-7-13/h3-9,11,16,20H,2,10,12,19H2,1H3. The van der Waals surface area contributed by atoms with E-state index in [1.165, 1.54) is 6.07 Å². The summed E-state index contributed by atoms with van der Waals surface area (Å²) in [5.74, 6) is 0.131. The molecule has 0 aliphatic heterocycles. The molecule has 0 fully saturated rings. The Morgan fingerprint density at radius 1 is 1.22 bits per heavy atom. The average molecular weight is 315 g/mol. The maximum atomic E-state index is 11.5. The molecule has 0 aliphatic rings. The molecule has 2 rings (SSSR count). The number of rotatable bonds is 7. The number of hydrogen-bond donors (Lipinski definition) is 2. The second kappa shape index (κ2) is 8.19. The summed E-state index contributed by atoms with van der Waals surface area (Å²) in [6.45, 7) is 2.42. The van der Waals surface area contributed by atoms with Gasteiger partial charge in [-0.15, -0.1) is 0 Å². The molecule has 0 heterocycles. The predicted molar refractivity (Wildman–Crippen MR) is 87.2 cm³/mol. The zero-order valence-corrected chi connectivity index (χ0v) is 13.1. The molecule has 0 aromatic heterocycles. The van der Waals surface area contributed by atoms with Crippen LogP contribution in [-0.4, -0.2) is 23.7 Å². The van der Waals surface area contributed by atoms with E-state index in [-0.39, 0.29) is 18.8 Å². The predicted octanol–water partition coefficient (Wildman–Crippen LogP) is 2.40. The van der Waals surface area contributed by atoms with Gasteiger partial charge in [0.15, 0.2) is 0 Å². The van der Waals surface area contributed by atoms with Gasteiger partial charge in [-0.3, -0.25) is 4.79 Å². The normalized spacial score (nSPS) is 11.7. The molecule has 3 N–H and O–H groups in total. The van der Waals surface area contributed by atoms with Crippen molar-refractivity contribution in [3.63, 3.8) is 0 Å². The molecule has 1 unspecified atom stereocenters. The van der Waals surface area contributed by atoms with E-state index in [4.69, 9.17) is 15.2 Å². The van der Waals surface area contributed by atoms with Gasteiger partial charge in [-0.1, -0.05) is 36.4 Å². The molecule has 1 atom stereocenters. The molecule has 5 nitrogen and oxygen atoms in total. The van der Waals surface area contributed by atoms with Gasteiger partial charge in [0.2, 0.25) is 0 Å². The third-order valence-electron chi connectivity index (χ3n) is 3.33. The smallest absolute Gasteiger partial charge is 0.323 e. The topological polar surface area (TPSA) is 81.8 Å². The highest BCUT2D eigenvalue weighted by Crippen LogP contribution is 2.25. The Morgan fingerprint density at radius 2 is 1.96 bits per heavy atom. The van der Waals surface area contributed by atoms with Crippen molar-refractivity contribution in [1.82, 2.24) is 0 Å². The number of carbonyl (C=O) groups is 1. The van der Waals surface area contributed by atoms with Crippen LogP contribution in [0.4, 0.5) is 0 Å². The summed E-state index contributed by atoms with van der Waals surface area (Å²) in [6.07, 6.45) is 0.212. The number of phenols is 1. The SMILES string of the molecule is CCOC(=O)C(N)Cc1ccc(OCc2ccccc2)cc1O. The first-order valence-electron chi connectivity index (χ1n) is 7.51. The van der Waals surface area contributed by atoms with E-state index < -0.39 is 12.0 Å². The Balaban J connectivity index is 1.96.